The first-order chi connectivity index (χ1) is 24.0. The van der Waals surface area contributed by atoms with Crippen LogP contribution in [0, 0.1) is 30.2 Å². The van der Waals surface area contributed by atoms with Gasteiger partial charge in [0.2, 0.25) is 11.6 Å². The van der Waals surface area contributed by atoms with E-state index in [9.17, 15) is 27.2 Å². The highest BCUT2D eigenvalue weighted by molar-refractivity contribution is 6.31. The van der Waals surface area contributed by atoms with Crippen LogP contribution in [0.25, 0.3) is 0 Å². The molecule has 0 aliphatic heterocycles. The lowest BCUT2D eigenvalue weighted by atomic mass is 10.2. The van der Waals surface area contributed by atoms with Crippen LogP contribution < -0.4 is 20.1 Å². The number of anilines is 2. The maximum absolute atomic E-state index is 13.9. The smallest absolute Gasteiger partial charge is 0.274 e. The van der Waals surface area contributed by atoms with Crippen LogP contribution in [-0.4, -0.2) is 41.7 Å². The minimum atomic E-state index is -1.21. The van der Waals surface area contributed by atoms with Gasteiger partial charge >= 0.3 is 0 Å². The summed E-state index contributed by atoms with van der Waals surface area (Å²) in [5.74, 6) is -6.52. The number of amides is 2. The molecule has 0 atom stereocenters. The third kappa shape index (κ3) is 9.29. The molecule has 0 saturated heterocycles. The number of pyridine rings is 2. The van der Waals surface area contributed by atoms with Crippen molar-refractivity contribution in [1.82, 2.24) is 29.9 Å². The van der Waals surface area contributed by atoms with Crippen LogP contribution >= 0.6 is 11.6 Å². The summed E-state index contributed by atoms with van der Waals surface area (Å²) in [5, 5.41) is 5.18. The molecule has 0 unspecified atom stereocenters. The van der Waals surface area contributed by atoms with E-state index in [4.69, 9.17) is 21.1 Å². The second-order valence-electron chi connectivity index (χ2n) is 9.82. The Morgan fingerprint density at radius 1 is 0.680 bits per heavy atom. The average molecular weight is 705 g/mol. The normalized spacial score (nSPS) is 10.4. The maximum atomic E-state index is 13.9. The van der Waals surface area contributed by atoms with Gasteiger partial charge in [-0.05, 0) is 31.2 Å². The van der Waals surface area contributed by atoms with Crippen molar-refractivity contribution in [2.45, 2.75) is 6.92 Å². The third-order valence-corrected chi connectivity index (χ3v) is 6.35. The molecule has 17 heteroatoms. The molecule has 6 rings (SSSR count). The molecule has 50 heavy (non-hydrogen) atoms. The monoisotopic (exact) mass is 704 g/mol. The summed E-state index contributed by atoms with van der Waals surface area (Å²) in [6.45, 7) is 1.74. The van der Waals surface area contributed by atoms with Crippen LogP contribution in [-0.2, 0) is 0 Å². The molecule has 4 heterocycles. The first-order valence-corrected chi connectivity index (χ1v) is 14.4. The summed E-state index contributed by atoms with van der Waals surface area (Å²) in [4.78, 5) is 47.1. The predicted molar refractivity (Wildman–Crippen MR) is 171 cm³/mol. The van der Waals surface area contributed by atoms with Gasteiger partial charge in [-0.2, -0.15) is 8.78 Å². The van der Waals surface area contributed by atoms with E-state index in [2.05, 4.69) is 40.5 Å². The molecule has 6 aromatic rings. The van der Waals surface area contributed by atoms with Crippen LogP contribution in [0.5, 0.6) is 23.0 Å². The summed E-state index contributed by atoms with van der Waals surface area (Å²) >= 11 is 5.79. The largest absolute Gasteiger partial charge is 0.451 e. The number of nitrogens with one attached hydrogen (secondary N) is 2. The third-order valence-electron chi connectivity index (χ3n) is 6.11. The Kier molecular flexibility index (Phi) is 11.1. The fourth-order valence-electron chi connectivity index (χ4n) is 3.94. The van der Waals surface area contributed by atoms with Crippen LogP contribution in [0.15, 0.2) is 98.2 Å². The van der Waals surface area contributed by atoms with Gasteiger partial charge in [0, 0.05) is 52.6 Å². The number of hydrogen-bond donors (Lipinski definition) is 2. The quantitative estimate of drug-likeness (QED) is 0.154. The summed E-state index contributed by atoms with van der Waals surface area (Å²) in [5.41, 5.74) is 0.849. The number of aromatic nitrogens is 6. The number of aryl methyl sites for hydroxylation is 1. The standard InChI is InChI=1S/C17H12F2N4O2.C16H9ClF2N4O2/c1-10-3-2-4-14(22-10)17(24)23-11-5-13(18)16(19)15(6-11)25-12-7-20-9-21-8-12;17-9-1-2-22-13(3-9)16(24)23-10-4-12(18)15(19)14(5-10)25-11-6-20-8-21-7-11/h2-9H,1H3,(H,23,24);1-8H,(H,23,24). The van der Waals surface area contributed by atoms with E-state index in [0.717, 1.165) is 18.2 Å². The topological polar surface area (TPSA) is 154 Å². The lowest BCUT2D eigenvalue weighted by Gasteiger charge is -2.10. The Morgan fingerprint density at radius 3 is 1.66 bits per heavy atom. The van der Waals surface area contributed by atoms with Crippen molar-refractivity contribution >= 4 is 34.8 Å². The van der Waals surface area contributed by atoms with E-state index in [0.29, 0.717) is 10.7 Å². The molecule has 0 bridgehead atoms. The van der Waals surface area contributed by atoms with Gasteiger partial charge in [0.05, 0.1) is 24.8 Å². The van der Waals surface area contributed by atoms with Gasteiger partial charge in [-0.15, -0.1) is 0 Å². The summed E-state index contributed by atoms with van der Waals surface area (Å²) < 4.78 is 65.8. The summed E-state index contributed by atoms with van der Waals surface area (Å²) in [6, 6.07) is 11.8. The molecule has 2 aromatic carbocycles. The summed E-state index contributed by atoms with van der Waals surface area (Å²) in [7, 11) is 0. The molecule has 4 aromatic heterocycles. The molecule has 252 valence electrons. The Hall–Kier alpha value is -6.55. The minimum Gasteiger partial charge on any atom is -0.451 e. The number of hydrogen-bond acceptors (Lipinski definition) is 10. The highest BCUT2D eigenvalue weighted by Gasteiger charge is 2.17. The fourth-order valence-corrected chi connectivity index (χ4v) is 4.10. The van der Waals surface area contributed by atoms with Crippen LogP contribution in [0.1, 0.15) is 26.7 Å². The second kappa shape index (κ2) is 16.0. The lowest BCUT2D eigenvalue weighted by molar-refractivity contribution is 0.101. The summed E-state index contributed by atoms with van der Waals surface area (Å²) in [6.07, 6.45) is 9.05. The average Bonchev–Trinajstić information content (AvgIpc) is 3.10. The molecule has 2 N–H and O–H groups in total. The van der Waals surface area contributed by atoms with E-state index >= 15 is 0 Å². The molecule has 2 amide bonds. The Bertz CT molecular complexity index is 2000. The number of rotatable bonds is 8. The maximum Gasteiger partial charge on any atom is 0.274 e. The van der Waals surface area contributed by atoms with Crippen LogP contribution in [0.3, 0.4) is 0 Å². The van der Waals surface area contributed by atoms with Crippen LogP contribution in [0.2, 0.25) is 5.02 Å². The number of halogens is 5. The zero-order chi connectivity index (χ0) is 35.6. The zero-order valence-electron chi connectivity index (χ0n) is 25.4. The highest BCUT2D eigenvalue weighted by Crippen LogP contribution is 2.30. The van der Waals surface area contributed by atoms with Gasteiger partial charge < -0.3 is 20.1 Å². The Labute approximate surface area is 285 Å². The van der Waals surface area contributed by atoms with Gasteiger partial charge in [-0.3, -0.25) is 14.6 Å². The highest BCUT2D eigenvalue weighted by atomic mass is 35.5. The number of carbonyl (C=O) groups excluding carboxylic acids is 2. The molecule has 0 saturated carbocycles. The number of carbonyl (C=O) groups is 2. The SMILES string of the molecule is Cc1cccc(C(=O)Nc2cc(F)c(F)c(Oc3cncnc3)c2)n1.O=C(Nc1cc(F)c(F)c(Oc2cncnc2)c1)c1cc(Cl)ccn1. The van der Waals surface area contributed by atoms with Gasteiger partial charge in [-0.1, -0.05) is 17.7 Å². The Balaban J connectivity index is 0.000000194. The van der Waals surface area contributed by atoms with Gasteiger partial charge in [-0.25, -0.2) is 33.7 Å². The predicted octanol–water partition coefficient (Wildman–Crippen LogP) is 7.35. The van der Waals surface area contributed by atoms with Crippen molar-refractivity contribution in [3.05, 3.63) is 144 Å². The molecule has 0 fully saturated rings. The van der Waals surface area contributed by atoms with Gasteiger partial charge in [0.15, 0.2) is 34.6 Å². The number of ether oxygens (including phenoxy) is 2. The van der Waals surface area contributed by atoms with E-state index in [1.165, 1.54) is 67.9 Å². The first-order valence-electron chi connectivity index (χ1n) is 14.1. The molecule has 12 nitrogen and oxygen atoms in total. The molecule has 0 spiro atoms. The first kappa shape index (κ1) is 34.8. The second-order valence-corrected chi connectivity index (χ2v) is 10.3. The van der Waals surface area contributed by atoms with E-state index in [1.54, 1.807) is 19.1 Å². The fraction of sp³-hybridized carbons (Fsp3) is 0.0303. The van der Waals surface area contributed by atoms with Crippen molar-refractivity contribution in [2.24, 2.45) is 0 Å². The molecular formula is C33H21ClF4N8O4. The van der Waals surface area contributed by atoms with Crippen molar-refractivity contribution in [3.8, 4) is 23.0 Å². The van der Waals surface area contributed by atoms with Crippen molar-refractivity contribution in [3.63, 3.8) is 0 Å². The van der Waals surface area contributed by atoms with E-state index in [-0.39, 0.29) is 34.3 Å². The van der Waals surface area contributed by atoms with Crippen LogP contribution in [0.4, 0.5) is 28.9 Å². The molecular weight excluding hydrogens is 684 g/mol. The van der Waals surface area contributed by atoms with Crippen molar-refractivity contribution < 1.29 is 36.6 Å². The Morgan fingerprint density at radius 2 is 1.18 bits per heavy atom. The van der Waals surface area contributed by atoms with Crippen molar-refractivity contribution in [2.75, 3.05) is 10.6 Å². The lowest BCUT2D eigenvalue weighted by Crippen LogP contribution is -2.14. The van der Waals surface area contributed by atoms with Gasteiger partial charge in [0.1, 0.15) is 24.0 Å². The molecule has 0 aliphatic carbocycles. The minimum absolute atomic E-state index is 0.0162. The van der Waals surface area contributed by atoms with E-state index in [1.807, 2.05) is 0 Å². The zero-order valence-corrected chi connectivity index (χ0v) is 26.2. The molecule has 0 aliphatic rings. The van der Waals surface area contributed by atoms with Gasteiger partial charge in [0.25, 0.3) is 11.8 Å². The molecule has 0 radical (unpaired) electrons. The van der Waals surface area contributed by atoms with E-state index < -0.39 is 46.6 Å². The van der Waals surface area contributed by atoms with Crippen molar-refractivity contribution in [1.29, 1.82) is 0 Å². The number of nitrogens with zero attached hydrogens (tertiary/aromatic N) is 6. The number of benzene rings is 2.